The van der Waals surface area contributed by atoms with E-state index < -0.39 is 95.9 Å². The number of anilines is 1. The molecule has 2 aliphatic rings. The number of hydrogen-bond acceptors (Lipinski definition) is 18. The Kier molecular flexibility index (Phi) is 11.5. The molecule has 3 aromatic heterocycles. The lowest BCUT2D eigenvalue weighted by Gasteiger charge is -2.20. The summed E-state index contributed by atoms with van der Waals surface area (Å²) in [4.78, 5) is 54.9. The first-order valence-corrected chi connectivity index (χ1v) is 17.7. The fraction of sp³-hybridized carbons (Fsp3) is 0.520. The van der Waals surface area contributed by atoms with Gasteiger partial charge < -0.3 is 61.4 Å². The first-order valence-electron chi connectivity index (χ1n) is 14.7. The van der Waals surface area contributed by atoms with Gasteiger partial charge in [0.15, 0.2) is 42.3 Å². The van der Waals surface area contributed by atoms with Crippen LogP contribution in [0.25, 0.3) is 11.2 Å². The molecule has 11 unspecified atom stereocenters. The smallest absolute Gasteiger partial charge is 0.479 e. The van der Waals surface area contributed by atoms with Gasteiger partial charge in [-0.05, 0) is 18.9 Å². The van der Waals surface area contributed by atoms with Crippen LogP contribution in [0.4, 0.5) is 5.82 Å². The van der Waals surface area contributed by atoms with Gasteiger partial charge in [-0.15, -0.1) is 0 Å². The van der Waals surface area contributed by atoms with Crippen LogP contribution in [0, 0.1) is 0 Å². The molecule has 2 aliphatic heterocycles. The minimum absolute atomic E-state index is 0.0297. The molecule has 280 valence electrons. The molecule has 0 spiro atoms. The third-order valence-electron chi connectivity index (χ3n) is 7.86. The maximum Gasteiger partial charge on any atom is 0.481 e. The molecule has 26 heteroatoms. The molecular formula is C25H34N7O17P2+. The van der Waals surface area contributed by atoms with Crippen molar-refractivity contribution in [1.82, 2.24) is 19.5 Å². The molecule has 0 radical (unpaired) electrons. The highest BCUT2D eigenvalue weighted by Crippen LogP contribution is 2.60. The Labute approximate surface area is 285 Å². The van der Waals surface area contributed by atoms with Gasteiger partial charge in [0, 0.05) is 5.56 Å². The highest BCUT2D eigenvalue weighted by atomic mass is 31.3. The number of rotatable bonds is 15. The number of carboxylic acids is 1. The number of aliphatic carboxylic acids is 1. The number of carbonyl (C=O) groups excluding carboxylic acids is 1. The van der Waals surface area contributed by atoms with Crippen molar-refractivity contribution in [2.24, 2.45) is 5.73 Å². The Morgan fingerprint density at radius 2 is 1.59 bits per heavy atom. The quantitative estimate of drug-likeness (QED) is 0.0527. The van der Waals surface area contributed by atoms with Crippen LogP contribution in [-0.4, -0.2) is 128 Å². The number of amides is 1. The van der Waals surface area contributed by atoms with Crippen molar-refractivity contribution in [3.05, 3.63) is 42.2 Å². The Bertz CT molecular complexity index is 1870. The van der Waals surface area contributed by atoms with Gasteiger partial charge in [0.25, 0.3) is 12.1 Å². The standard InChI is InChI=1S/C25H33N7O17P2/c26-20-15-22(29-8-28-20)32(9-30-15)24-19(37)17(35)14(48-24)7-46-51(43,44)49-50(41,42)45-6-13-16(34)18(36)23(47-13)31-4-10(1-2-12(33)25(39)40)3-11(5-31)21(27)38/h3-5,8-9,12-14,16-19,23-24,33-37H,1-2,6-7H2,(H6-,26,27,28,29,38,39,40,41,42,43,44)/p+1. The fourth-order valence-electron chi connectivity index (χ4n) is 5.29. The number of aryl methyl sites for hydroxylation is 1. The number of phosphoric ester groups is 2. The molecule has 11 atom stereocenters. The second-order valence-electron chi connectivity index (χ2n) is 11.4. The molecule has 3 aromatic rings. The van der Waals surface area contributed by atoms with Gasteiger partial charge >= 0.3 is 21.6 Å². The number of nitrogens with zero attached hydrogens (tertiary/aromatic N) is 5. The zero-order valence-corrected chi connectivity index (χ0v) is 27.7. The fourth-order valence-corrected chi connectivity index (χ4v) is 7.38. The number of carboxylic acid groups (broad SMARTS) is 1. The summed E-state index contributed by atoms with van der Waals surface area (Å²) in [5, 5.41) is 60.7. The Hall–Kier alpha value is -3.58. The van der Waals surface area contributed by atoms with Crippen LogP contribution in [0.3, 0.4) is 0 Å². The number of nitrogens with two attached hydrogens (primary N) is 2. The number of imidazole rings is 1. The number of nitrogen functional groups attached to an aromatic ring is 1. The number of aromatic nitrogens is 5. The predicted molar refractivity (Wildman–Crippen MR) is 161 cm³/mol. The van der Waals surface area contributed by atoms with Crippen molar-refractivity contribution in [2.75, 3.05) is 18.9 Å². The zero-order valence-electron chi connectivity index (χ0n) is 25.9. The average Bonchev–Trinajstić information content (AvgIpc) is 3.71. The normalized spacial score (nSPS) is 29.5. The first-order chi connectivity index (χ1) is 23.9. The van der Waals surface area contributed by atoms with Crippen molar-refractivity contribution in [2.45, 2.75) is 68.0 Å². The van der Waals surface area contributed by atoms with E-state index in [2.05, 4.69) is 19.3 Å². The third-order valence-corrected chi connectivity index (χ3v) is 10.5. The van der Waals surface area contributed by atoms with Crippen LogP contribution < -0.4 is 16.0 Å². The lowest BCUT2D eigenvalue weighted by atomic mass is 10.1. The van der Waals surface area contributed by atoms with E-state index in [-0.39, 0.29) is 35.4 Å². The summed E-state index contributed by atoms with van der Waals surface area (Å²) in [5.41, 5.74) is 11.6. The predicted octanol–water partition coefficient (Wildman–Crippen LogP) is -3.64. The largest absolute Gasteiger partial charge is 0.481 e. The summed E-state index contributed by atoms with van der Waals surface area (Å²) in [5.74, 6) is -2.35. The summed E-state index contributed by atoms with van der Waals surface area (Å²) in [6.45, 7) is -1.94. The molecule has 51 heavy (non-hydrogen) atoms. The van der Waals surface area contributed by atoms with E-state index in [4.69, 9.17) is 35.1 Å². The van der Waals surface area contributed by atoms with Crippen LogP contribution in [0.15, 0.2) is 31.1 Å². The topological polar surface area (TPSA) is 376 Å². The summed E-state index contributed by atoms with van der Waals surface area (Å²) >= 11 is 0. The molecule has 5 rings (SSSR count). The van der Waals surface area contributed by atoms with Gasteiger partial charge in [0.1, 0.15) is 47.9 Å². The highest BCUT2D eigenvalue weighted by molar-refractivity contribution is 7.61. The number of hydrogen-bond donors (Lipinski definition) is 10. The van der Waals surface area contributed by atoms with Crippen LogP contribution in [0.2, 0.25) is 0 Å². The van der Waals surface area contributed by atoms with E-state index in [0.29, 0.717) is 5.56 Å². The van der Waals surface area contributed by atoms with E-state index in [9.17, 15) is 54.0 Å². The second kappa shape index (κ2) is 15.2. The number of ether oxygens (including phenoxy) is 2. The van der Waals surface area contributed by atoms with Crippen LogP contribution in [0.1, 0.15) is 34.8 Å². The lowest BCUT2D eigenvalue weighted by molar-refractivity contribution is -0.766. The number of pyridine rings is 1. The molecule has 12 N–H and O–H groups in total. The molecular weight excluding hydrogens is 732 g/mol. The number of phosphoric acid groups is 2. The van der Waals surface area contributed by atoms with Gasteiger partial charge in [-0.2, -0.15) is 8.88 Å². The molecule has 2 saturated heterocycles. The number of aliphatic hydroxyl groups is 5. The Balaban J connectivity index is 1.17. The number of carbonyl (C=O) groups is 2. The molecule has 0 aliphatic carbocycles. The number of fused-ring (bicyclic) bond motifs is 1. The van der Waals surface area contributed by atoms with Crippen molar-refractivity contribution >= 4 is 44.5 Å². The van der Waals surface area contributed by atoms with Crippen molar-refractivity contribution in [1.29, 1.82) is 0 Å². The van der Waals surface area contributed by atoms with Gasteiger partial charge in [0.05, 0.1) is 19.5 Å². The molecule has 0 saturated carbocycles. The molecule has 1 amide bonds. The maximum atomic E-state index is 12.6. The molecule has 2 fully saturated rings. The van der Waals surface area contributed by atoms with E-state index in [1.54, 1.807) is 0 Å². The Morgan fingerprint density at radius 1 is 0.961 bits per heavy atom. The third kappa shape index (κ3) is 8.73. The average molecular weight is 767 g/mol. The summed E-state index contributed by atoms with van der Waals surface area (Å²) in [6, 6.07) is 1.31. The summed E-state index contributed by atoms with van der Waals surface area (Å²) in [7, 11) is -10.9. The second-order valence-corrected chi connectivity index (χ2v) is 14.5. The molecule has 0 aromatic carbocycles. The van der Waals surface area contributed by atoms with E-state index in [1.807, 2.05) is 0 Å². The van der Waals surface area contributed by atoms with Crippen LogP contribution >= 0.6 is 15.6 Å². The minimum Gasteiger partial charge on any atom is -0.479 e. The lowest BCUT2D eigenvalue weighted by Crippen LogP contribution is -2.47. The monoisotopic (exact) mass is 766 g/mol. The minimum atomic E-state index is -5.47. The zero-order chi connectivity index (χ0) is 37.4. The van der Waals surface area contributed by atoms with Gasteiger partial charge in [-0.25, -0.2) is 28.9 Å². The number of aliphatic hydroxyl groups excluding tert-OH is 5. The summed E-state index contributed by atoms with van der Waals surface area (Å²) in [6.07, 6.45) is -9.86. The number of primary amides is 1. The van der Waals surface area contributed by atoms with Gasteiger partial charge in [-0.1, -0.05) is 0 Å². The van der Waals surface area contributed by atoms with E-state index in [0.717, 1.165) is 17.1 Å². The molecule has 24 nitrogen and oxygen atoms in total. The van der Waals surface area contributed by atoms with E-state index >= 15 is 0 Å². The Morgan fingerprint density at radius 3 is 2.22 bits per heavy atom. The van der Waals surface area contributed by atoms with Gasteiger partial charge in [0.2, 0.25) is 0 Å². The molecule has 5 heterocycles. The molecule has 0 bridgehead atoms. The highest BCUT2D eigenvalue weighted by Gasteiger charge is 2.50. The van der Waals surface area contributed by atoms with Crippen molar-refractivity contribution in [3.8, 4) is 0 Å². The van der Waals surface area contributed by atoms with Crippen molar-refractivity contribution in [3.63, 3.8) is 0 Å². The van der Waals surface area contributed by atoms with Crippen LogP contribution in [-0.2, 0) is 43.2 Å². The van der Waals surface area contributed by atoms with Crippen molar-refractivity contribution < 1.29 is 86.5 Å². The van der Waals surface area contributed by atoms with Crippen LogP contribution in [0.5, 0.6) is 0 Å². The SMILES string of the molecule is NC(=O)c1cc(CCC(O)C(=O)O)c[n+](C2OC(COP(=O)(O)OP(=O)(O)OCC3OC(n4cnc5c(N)ncnc54)C(O)C3O)C(O)C2O)c1. The van der Waals surface area contributed by atoms with Gasteiger partial charge in [-0.3, -0.25) is 18.4 Å². The van der Waals surface area contributed by atoms with E-state index in [1.165, 1.54) is 23.2 Å². The first kappa shape index (κ1) is 38.6. The maximum absolute atomic E-state index is 12.6. The summed E-state index contributed by atoms with van der Waals surface area (Å²) < 4.78 is 52.3.